The van der Waals surface area contributed by atoms with Gasteiger partial charge in [-0.05, 0) is 37.0 Å². The molecule has 1 aromatic rings. The second-order valence-corrected chi connectivity index (χ2v) is 6.67. The maximum Gasteiger partial charge on any atom is 0.315 e. The molecule has 1 aliphatic rings. The normalized spacial score (nSPS) is 22.8. The monoisotopic (exact) mass is 310 g/mol. The standard InChI is InChI=1S/C15H22N2O3S/c1-20-13-6-5-12(9-13)17-15(18)16-10-11-3-7-14(8-4-11)21(2)19/h3-4,7-8,12-13H,5-6,9-10H2,1-2H3,(H2,16,17,18)/t12-,13-,21-/m1/s1. The summed E-state index contributed by atoms with van der Waals surface area (Å²) in [6, 6.07) is 7.46. The molecule has 6 heteroatoms. The number of nitrogens with one attached hydrogen (secondary N) is 2. The summed E-state index contributed by atoms with van der Waals surface area (Å²) in [7, 11) is 0.739. The first-order valence-electron chi connectivity index (χ1n) is 7.08. The summed E-state index contributed by atoms with van der Waals surface area (Å²) in [4.78, 5) is 12.6. The van der Waals surface area contributed by atoms with E-state index in [-0.39, 0.29) is 18.2 Å². The molecule has 2 amide bonds. The number of urea groups is 1. The van der Waals surface area contributed by atoms with Crippen molar-refractivity contribution in [3.8, 4) is 0 Å². The van der Waals surface area contributed by atoms with Crippen molar-refractivity contribution in [2.24, 2.45) is 0 Å². The van der Waals surface area contributed by atoms with Crippen LogP contribution in [0, 0.1) is 0 Å². The van der Waals surface area contributed by atoms with E-state index < -0.39 is 10.8 Å². The van der Waals surface area contributed by atoms with E-state index in [1.165, 1.54) is 0 Å². The van der Waals surface area contributed by atoms with E-state index in [1.54, 1.807) is 13.4 Å². The van der Waals surface area contributed by atoms with Crippen molar-refractivity contribution in [3.63, 3.8) is 0 Å². The van der Waals surface area contributed by atoms with Crippen LogP contribution < -0.4 is 10.6 Å². The van der Waals surface area contributed by atoms with Crippen LogP contribution in [-0.4, -0.2) is 35.8 Å². The van der Waals surface area contributed by atoms with E-state index in [9.17, 15) is 9.00 Å². The summed E-state index contributed by atoms with van der Waals surface area (Å²) >= 11 is 0. The van der Waals surface area contributed by atoms with Crippen molar-refractivity contribution >= 4 is 16.8 Å². The van der Waals surface area contributed by atoms with E-state index in [1.807, 2.05) is 24.3 Å². The van der Waals surface area contributed by atoms with Gasteiger partial charge in [-0.1, -0.05) is 12.1 Å². The van der Waals surface area contributed by atoms with E-state index >= 15 is 0 Å². The molecular weight excluding hydrogens is 288 g/mol. The van der Waals surface area contributed by atoms with Gasteiger partial charge in [-0.15, -0.1) is 0 Å². The zero-order valence-corrected chi connectivity index (χ0v) is 13.2. The van der Waals surface area contributed by atoms with Crippen LogP contribution in [0.15, 0.2) is 29.2 Å². The molecule has 116 valence electrons. The molecule has 0 bridgehead atoms. The van der Waals surface area contributed by atoms with Gasteiger partial charge in [0, 0.05) is 41.6 Å². The molecule has 0 unspecified atom stereocenters. The third-order valence-corrected chi connectivity index (χ3v) is 4.70. The van der Waals surface area contributed by atoms with E-state index in [2.05, 4.69) is 10.6 Å². The van der Waals surface area contributed by atoms with Gasteiger partial charge in [-0.2, -0.15) is 0 Å². The molecule has 3 atom stereocenters. The minimum Gasteiger partial charge on any atom is -0.381 e. The van der Waals surface area contributed by atoms with Crippen molar-refractivity contribution in [1.29, 1.82) is 0 Å². The number of hydrogen-bond donors (Lipinski definition) is 2. The van der Waals surface area contributed by atoms with Gasteiger partial charge in [0.1, 0.15) is 0 Å². The van der Waals surface area contributed by atoms with Crippen molar-refractivity contribution in [2.45, 2.75) is 42.8 Å². The molecule has 0 aromatic heterocycles. The van der Waals surface area contributed by atoms with Crippen LogP contribution in [0.1, 0.15) is 24.8 Å². The molecule has 0 radical (unpaired) electrons. The van der Waals surface area contributed by atoms with Crippen molar-refractivity contribution in [3.05, 3.63) is 29.8 Å². The lowest BCUT2D eigenvalue weighted by Crippen LogP contribution is -2.40. The highest BCUT2D eigenvalue weighted by Gasteiger charge is 2.25. The van der Waals surface area contributed by atoms with Crippen molar-refractivity contribution in [1.82, 2.24) is 10.6 Å². The summed E-state index contributed by atoms with van der Waals surface area (Å²) in [5, 5.41) is 5.81. The van der Waals surface area contributed by atoms with Crippen LogP contribution in [0.2, 0.25) is 0 Å². The van der Waals surface area contributed by atoms with Gasteiger partial charge in [0.25, 0.3) is 0 Å². The minimum atomic E-state index is -0.969. The van der Waals surface area contributed by atoms with Crippen molar-refractivity contribution in [2.75, 3.05) is 13.4 Å². The smallest absolute Gasteiger partial charge is 0.315 e. The average Bonchev–Trinajstić information content (AvgIpc) is 2.93. The van der Waals surface area contributed by atoms with Gasteiger partial charge < -0.3 is 15.4 Å². The summed E-state index contributed by atoms with van der Waals surface area (Å²) in [5.74, 6) is 0. The second kappa shape index (κ2) is 7.56. The number of ether oxygens (including phenoxy) is 1. The molecule has 5 nitrogen and oxygen atoms in total. The molecule has 0 spiro atoms. The third kappa shape index (κ3) is 4.82. The van der Waals surface area contributed by atoms with E-state index in [0.29, 0.717) is 6.54 Å². The van der Waals surface area contributed by atoms with Gasteiger partial charge in [0.15, 0.2) is 0 Å². The summed E-state index contributed by atoms with van der Waals surface area (Å²) in [5.41, 5.74) is 0.987. The topological polar surface area (TPSA) is 67.4 Å². The van der Waals surface area contributed by atoms with Crippen LogP contribution >= 0.6 is 0 Å². The molecule has 1 fully saturated rings. The van der Waals surface area contributed by atoms with E-state index in [0.717, 1.165) is 29.7 Å². The molecule has 1 saturated carbocycles. The van der Waals surface area contributed by atoms with Crippen LogP contribution in [0.4, 0.5) is 4.79 Å². The third-order valence-electron chi connectivity index (χ3n) is 3.76. The van der Waals surface area contributed by atoms with Crippen LogP contribution in [0.25, 0.3) is 0 Å². The first-order valence-corrected chi connectivity index (χ1v) is 8.64. The van der Waals surface area contributed by atoms with Gasteiger partial charge in [0.05, 0.1) is 6.10 Å². The number of amides is 2. The number of methoxy groups -OCH3 is 1. The Morgan fingerprint density at radius 2 is 2.05 bits per heavy atom. The fourth-order valence-corrected chi connectivity index (χ4v) is 3.02. The number of hydrogen-bond acceptors (Lipinski definition) is 3. The van der Waals surface area contributed by atoms with Gasteiger partial charge in [-0.25, -0.2) is 4.79 Å². The average molecular weight is 310 g/mol. The first-order chi connectivity index (χ1) is 10.1. The molecule has 2 N–H and O–H groups in total. The summed E-state index contributed by atoms with van der Waals surface area (Å²) in [6.07, 6.45) is 4.74. The molecule has 0 heterocycles. The molecule has 2 rings (SSSR count). The minimum absolute atomic E-state index is 0.153. The maximum atomic E-state index is 11.8. The number of rotatable bonds is 5. The molecule has 0 saturated heterocycles. The maximum absolute atomic E-state index is 11.8. The zero-order chi connectivity index (χ0) is 15.2. The Morgan fingerprint density at radius 3 is 2.62 bits per heavy atom. The van der Waals surface area contributed by atoms with Gasteiger partial charge in [-0.3, -0.25) is 4.21 Å². The summed E-state index contributed by atoms with van der Waals surface area (Å²) in [6.45, 7) is 0.461. The lowest BCUT2D eigenvalue weighted by Gasteiger charge is -2.14. The largest absolute Gasteiger partial charge is 0.381 e. The fourth-order valence-electron chi connectivity index (χ4n) is 2.50. The first kappa shape index (κ1) is 16.0. The quantitative estimate of drug-likeness (QED) is 0.871. The fraction of sp³-hybridized carbons (Fsp3) is 0.533. The number of benzene rings is 1. The molecular formula is C15H22N2O3S. The van der Waals surface area contributed by atoms with Crippen LogP contribution in [0.3, 0.4) is 0 Å². The Hall–Kier alpha value is -1.40. The second-order valence-electron chi connectivity index (χ2n) is 5.29. The van der Waals surface area contributed by atoms with E-state index in [4.69, 9.17) is 4.74 Å². The SMILES string of the molecule is CO[C@@H]1CC[C@@H](NC(=O)NCc2ccc([S@@](C)=O)cc2)C1. The predicted octanol–water partition coefficient (Wildman–Crippen LogP) is 1.79. The molecule has 21 heavy (non-hydrogen) atoms. The zero-order valence-electron chi connectivity index (χ0n) is 12.4. The highest BCUT2D eigenvalue weighted by atomic mass is 32.2. The lowest BCUT2D eigenvalue weighted by atomic mass is 10.2. The highest BCUT2D eigenvalue weighted by Crippen LogP contribution is 2.21. The molecule has 1 aromatic carbocycles. The van der Waals surface area contributed by atoms with Crippen LogP contribution in [0.5, 0.6) is 0 Å². The lowest BCUT2D eigenvalue weighted by molar-refractivity contribution is 0.107. The Labute approximate surface area is 127 Å². The van der Waals surface area contributed by atoms with Crippen LogP contribution in [-0.2, 0) is 22.1 Å². The number of carbonyl (C=O) groups excluding carboxylic acids is 1. The number of carbonyl (C=O) groups is 1. The van der Waals surface area contributed by atoms with Crippen molar-refractivity contribution < 1.29 is 13.7 Å². The Kier molecular flexibility index (Phi) is 5.76. The Bertz CT molecular complexity index is 504. The molecule has 1 aliphatic carbocycles. The Balaban J connectivity index is 1.75. The van der Waals surface area contributed by atoms with Gasteiger partial charge in [0.2, 0.25) is 0 Å². The predicted molar refractivity (Wildman–Crippen MR) is 82.6 cm³/mol. The Morgan fingerprint density at radius 1 is 1.33 bits per heavy atom. The van der Waals surface area contributed by atoms with Gasteiger partial charge >= 0.3 is 6.03 Å². The summed E-state index contributed by atoms with van der Waals surface area (Å²) < 4.78 is 16.6. The highest BCUT2D eigenvalue weighted by molar-refractivity contribution is 7.84. The molecule has 0 aliphatic heterocycles.